The van der Waals surface area contributed by atoms with Crippen molar-refractivity contribution in [3.63, 3.8) is 0 Å². The number of nitrogens with one attached hydrogen (secondary N) is 2. The summed E-state index contributed by atoms with van der Waals surface area (Å²) in [6.07, 6.45) is 0.439. The molecule has 7 nitrogen and oxygen atoms in total. The van der Waals surface area contributed by atoms with Gasteiger partial charge in [0.05, 0.1) is 32.7 Å². The minimum Gasteiger partial charge on any atom is -0.859 e. The summed E-state index contributed by atoms with van der Waals surface area (Å²) in [5.41, 5.74) is -0.650. The van der Waals surface area contributed by atoms with Crippen LogP contribution in [0.25, 0.3) is 5.69 Å². The Morgan fingerprint density at radius 1 is 1.25 bits per heavy atom. The third-order valence-electron chi connectivity index (χ3n) is 3.62. The molecule has 0 aliphatic heterocycles. The van der Waals surface area contributed by atoms with Crippen LogP contribution in [-0.2, 0) is 0 Å². The van der Waals surface area contributed by atoms with E-state index in [0.717, 1.165) is 11.1 Å². The second-order valence-corrected chi connectivity index (χ2v) is 5.75. The SMILES string of the molecule is CCC(=NCC[NH+](C)C)c1c([O-])n(-c2ccccc2)c(=O)[nH]c1=O. The molecule has 0 saturated heterocycles. The van der Waals surface area contributed by atoms with E-state index in [1.54, 1.807) is 30.3 Å². The first-order valence-corrected chi connectivity index (χ1v) is 7.90. The van der Waals surface area contributed by atoms with E-state index in [4.69, 9.17) is 0 Å². The Morgan fingerprint density at radius 2 is 1.92 bits per heavy atom. The highest BCUT2D eigenvalue weighted by Gasteiger charge is 2.13. The maximum atomic E-state index is 12.8. The first-order chi connectivity index (χ1) is 11.5. The average molecular weight is 330 g/mol. The second-order valence-electron chi connectivity index (χ2n) is 5.75. The molecule has 24 heavy (non-hydrogen) atoms. The van der Waals surface area contributed by atoms with Crippen molar-refractivity contribution in [1.29, 1.82) is 0 Å². The van der Waals surface area contributed by atoms with Crippen molar-refractivity contribution in [2.75, 3.05) is 27.2 Å². The summed E-state index contributed by atoms with van der Waals surface area (Å²) in [5.74, 6) is -0.632. The van der Waals surface area contributed by atoms with Gasteiger partial charge in [0.1, 0.15) is 0 Å². The maximum Gasteiger partial charge on any atom is 0.332 e. The smallest absolute Gasteiger partial charge is 0.332 e. The summed E-state index contributed by atoms with van der Waals surface area (Å²) in [5, 5.41) is 12.8. The lowest BCUT2D eigenvalue weighted by Crippen LogP contribution is -3.06. The lowest BCUT2D eigenvalue weighted by Gasteiger charge is -2.20. The Bertz CT molecular complexity index is 835. The van der Waals surface area contributed by atoms with E-state index < -0.39 is 17.1 Å². The van der Waals surface area contributed by atoms with E-state index in [1.165, 1.54) is 4.90 Å². The molecule has 0 spiro atoms. The third-order valence-corrected chi connectivity index (χ3v) is 3.62. The normalized spacial score (nSPS) is 11.9. The second kappa shape index (κ2) is 7.74. The number of quaternary nitrogens is 1. The predicted octanol–water partition coefficient (Wildman–Crippen LogP) is -1.06. The van der Waals surface area contributed by atoms with Crippen LogP contribution in [0.1, 0.15) is 18.9 Å². The lowest BCUT2D eigenvalue weighted by molar-refractivity contribution is -0.856. The van der Waals surface area contributed by atoms with Crippen molar-refractivity contribution in [1.82, 2.24) is 9.55 Å². The monoisotopic (exact) mass is 330 g/mol. The Hall–Kier alpha value is -2.67. The molecule has 0 atom stereocenters. The van der Waals surface area contributed by atoms with E-state index in [0.29, 0.717) is 24.4 Å². The molecule has 2 N–H and O–H groups in total. The molecular weight excluding hydrogens is 308 g/mol. The number of hydrogen-bond acceptors (Lipinski definition) is 4. The molecule has 0 bridgehead atoms. The van der Waals surface area contributed by atoms with Crippen LogP contribution >= 0.6 is 0 Å². The van der Waals surface area contributed by atoms with Crippen LogP contribution in [0.3, 0.4) is 0 Å². The maximum absolute atomic E-state index is 12.8. The van der Waals surface area contributed by atoms with Crippen LogP contribution in [-0.4, -0.2) is 42.4 Å². The van der Waals surface area contributed by atoms with Gasteiger partial charge in [-0.05, 0) is 24.4 Å². The fourth-order valence-corrected chi connectivity index (χ4v) is 2.36. The predicted molar refractivity (Wildman–Crippen MR) is 91.5 cm³/mol. The van der Waals surface area contributed by atoms with E-state index in [-0.39, 0.29) is 5.56 Å². The zero-order valence-electron chi connectivity index (χ0n) is 14.1. The molecule has 0 unspecified atom stereocenters. The highest BCUT2D eigenvalue weighted by atomic mass is 16.3. The first-order valence-electron chi connectivity index (χ1n) is 7.90. The van der Waals surface area contributed by atoms with Crippen molar-refractivity contribution in [2.45, 2.75) is 13.3 Å². The van der Waals surface area contributed by atoms with Gasteiger partial charge in [-0.15, -0.1) is 0 Å². The highest BCUT2D eigenvalue weighted by Crippen LogP contribution is 2.15. The number of benzene rings is 1. The van der Waals surface area contributed by atoms with Crippen molar-refractivity contribution >= 4 is 5.71 Å². The zero-order chi connectivity index (χ0) is 17.7. The lowest BCUT2D eigenvalue weighted by atomic mass is 10.1. The van der Waals surface area contributed by atoms with Crippen LogP contribution in [0.15, 0.2) is 44.9 Å². The van der Waals surface area contributed by atoms with E-state index in [2.05, 4.69) is 9.98 Å². The fourth-order valence-electron chi connectivity index (χ4n) is 2.36. The first kappa shape index (κ1) is 17.7. The molecule has 1 heterocycles. The van der Waals surface area contributed by atoms with Gasteiger partial charge in [0, 0.05) is 11.4 Å². The van der Waals surface area contributed by atoms with Crippen molar-refractivity contribution in [2.24, 2.45) is 4.99 Å². The topological polar surface area (TPSA) is 94.7 Å². The fraction of sp³-hybridized carbons (Fsp3) is 0.353. The Kier molecular flexibility index (Phi) is 5.70. The van der Waals surface area contributed by atoms with E-state index >= 15 is 0 Å². The average Bonchev–Trinajstić information content (AvgIpc) is 2.53. The van der Waals surface area contributed by atoms with Crippen LogP contribution in [0.2, 0.25) is 0 Å². The Labute approximate surface area is 139 Å². The van der Waals surface area contributed by atoms with Crippen LogP contribution in [0, 0.1) is 0 Å². The summed E-state index contributed by atoms with van der Waals surface area (Å²) < 4.78 is 0.971. The minimum atomic E-state index is -0.742. The number of likely N-dealkylation sites (N-methyl/N-ethyl adjacent to an activating group) is 1. The van der Waals surface area contributed by atoms with Crippen molar-refractivity contribution in [3.05, 3.63) is 56.7 Å². The van der Waals surface area contributed by atoms with Gasteiger partial charge in [-0.3, -0.25) is 19.3 Å². The number of nitrogens with zero attached hydrogens (tertiary/aromatic N) is 2. The zero-order valence-corrected chi connectivity index (χ0v) is 14.1. The number of hydrogen-bond donors (Lipinski definition) is 2. The van der Waals surface area contributed by atoms with Gasteiger partial charge in [-0.25, -0.2) is 4.79 Å². The van der Waals surface area contributed by atoms with Crippen LogP contribution < -0.4 is 21.3 Å². The van der Waals surface area contributed by atoms with Crippen LogP contribution in [0.4, 0.5) is 0 Å². The molecular formula is C17H22N4O3. The quantitative estimate of drug-likeness (QED) is 0.661. The van der Waals surface area contributed by atoms with Gasteiger partial charge < -0.3 is 10.0 Å². The number of H-pyrrole nitrogens is 1. The Balaban J connectivity index is 2.58. The summed E-state index contributed by atoms with van der Waals surface area (Å²) in [6, 6.07) is 8.52. The molecule has 0 fully saturated rings. The largest absolute Gasteiger partial charge is 0.859 e. The summed E-state index contributed by atoms with van der Waals surface area (Å²) in [6.45, 7) is 3.13. The molecule has 2 aromatic rings. The van der Waals surface area contributed by atoms with Crippen molar-refractivity contribution in [3.8, 4) is 11.6 Å². The molecule has 0 radical (unpaired) electrons. The van der Waals surface area contributed by atoms with Gasteiger partial charge in [-0.1, -0.05) is 25.1 Å². The summed E-state index contributed by atoms with van der Waals surface area (Å²) in [7, 11) is 4.01. The van der Waals surface area contributed by atoms with Crippen LogP contribution in [0.5, 0.6) is 5.88 Å². The molecule has 2 rings (SSSR count). The van der Waals surface area contributed by atoms with Gasteiger partial charge in [0.25, 0.3) is 5.56 Å². The number of aromatic nitrogens is 2. The standard InChI is InChI=1S/C17H22N4O3/c1-4-13(18-10-11-20(2)3)14-15(22)19-17(24)21(16(14)23)12-8-6-5-7-9-12/h5-9,23H,4,10-11H2,1-3H3,(H,19,22,24). The molecule has 128 valence electrons. The minimum absolute atomic E-state index is 0.0605. The third kappa shape index (κ3) is 3.80. The molecule has 0 saturated carbocycles. The Morgan fingerprint density at radius 3 is 2.50 bits per heavy atom. The number of rotatable bonds is 6. The molecule has 0 amide bonds. The van der Waals surface area contributed by atoms with Gasteiger partial charge in [-0.2, -0.15) is 0 Å². The number of aromatic amines is 1. The number of aliphatic imine (C=N–C) groups is 1. The van der Waals surface area contributed by atoms with E-state index in [1.807, 2.05) is 21.0 Å². The van der Waals surface area contributed by atoms with Gasteiger partial charge >= 0.3 is 5.69 Å². The van der Waals surface area contributed by atoms with Crippen molar-refractivity contribution < 1.29 is 10.0 Å². The van der Waals surface area contributed by atoms with Gasteiger partial charge in [0.2, 0.25) is 0 Å². The van der Waals surface area contributed by atoms with E-state index in [9.17, 15) is 14.7 Å². The molecule has 0 aliphatic carbocycles. The number of para-hydroxylation sites is 1. The summed E-state index contributed by atoms with van der Waals surface area (Å²) in [4.78, 5) is 32.1. The molecule has 1 aromatic carbocycles. The summed E-state index contributed by atoms with van der Waals surface area (Å²) >= 11 is 0. The molecule has 1 aromatic heterocycles. The van der Waals surface area contributed by atoms with Gasteiger partial charge in [0.15, 0.2) is 0 Å². The molecule has 0 aliphatic rings. The molecule has 7 heteroatoms. The highest BCUT2D eigenvalue weighted by molar-refractivity contribution is 6.01.